The van der Waals surface area contributed by atoms with Gasteiger partial charge in [0, 0.05) is 49.0 Å². The lowest BCUT2D eigenvalue weighted by Gasteiger charge is -2.22. The molecule has 4 rings (SSSR count). The maximum atomic E-state index is 13.3. The van der Waals surface area contributed by atoms with E-state index in [0.717, 1.165) is 29.2 Å². The fourth-order valence-electron chi connectivity index (χ4n) is 3.78. The van der Waals surface area contributed by atoms with Crippen molar-refractivity contribution >= 4 is 38.1 Å². The van der Waals surface area contributed by atoms with E-state index < -0.39 is 10.0 Å². The molecule has 2 aromatic carbocycles. The van der Waals surface area contributed by atoms with Gasteiger partial charge in [-0.15, -0.1) is 11.3 Å². The monoisotopic (exact) mass is 470 g/mol. The normalized spacial score (nSPS) is 14.8. The standard InChI is InChI=1S/C23H26N4O3S2/c1-17-5-3-6-19(15-17)25-32(29,30)20-8-7-18(2)21(16-20)22(28)26-10-4-11-27(13-12-26)23-24-9-14-31-23/h3,5-9,14-16,25H,4,10-13H2,1-2H3. The lowest BCUT2D eigenvalue weighted by Crippen LogP contribution is -2.35. The number of nitrogens with zero attached hydrogens (tertiary/aromatic N) is 3. The van der Waals surface area contributed by atoms with Crippen LogP contribution in [-0.4, -0.2) is 50.4 Å². The Kier molecular flexibility index (Phi) is 6.48. The summed E-state index contributed by atoms with van der Waals surface area (Å²) in [6, 6.07) is 11.9. The van der Waals surface area contributed by atoms with Crippen LogP contribution in [0.3, 0.4) is 0 Å². The smallest absolute Gasteiger partial charge is 0.261 e. The first-order valence-electron chi connectivity index (χ1n) is 10.5. The van der Waals surface area contributed by atoms with Crippen molar-refractivity contribution < 1.29 is 13.2 Å². The maximum Gasteiger partial charge on any atom is 0.261 e. The predicted molar refractivity (Wildman–Crippen MR) is 128 cm³/mol. The van der Waals surface area contributed by atoms with Gasteiger partial charge in [0.05, 0.1) is 4.90 Å². The Balaban J connectivity index is 1.53. The molecule has 0 aliphatic carbocycles. The maximum absolute atomic E-state index is 13.3. The number of amides is 1. The number of nitrogens with one attached hydrogen (secondary N) is 1. The second kappa shape index (κ2) is 9.30. The van der Waals surface area contributed by atoms with Crippen LogP contribution in [0.15, 0.2) is 58.9 Å². The fraction of sp³-hybridized carbons (Fsp3) is 0.304. The number of thiazole rings is 1. The van der Waals surface area contributed by atoms with Gasteiger partial charge in [0.25, 0.3) is 15.9 Å². The topological polar surface area (TPSA) is 82.6 Å². The highest BCUT2D eigenvalue weighted by Crippen LogP contribution is 2.23. The summed E-state index contributed by atoms with van der Waals surface area (Å²) in [7, 11) is -3.82. The Morgan fingerprint density at radius 3 is 2.66 bits per heavy atom. The fourth-order valence-corrected chi connectivity index (χ4v) is 5.55. The summed E-state index contributed by atoms with van der Waals surface area (Å²) < 4.78 is 28.5. The molecule has 1 aliphatic rings. The van der Waals surface area contributed by atoms with Gasteiger partial charge in [-0.25, -0.2) is 13.4 Å². The van der Waals surface area contributed by atoms with Gasteiger partial charge in [-0.3, -0.25) is 9.52 Å². The molecule has 0 bridgehead atoms. The number of hydrogen-bond acceptors (Lipinski definition) is 6. The van der Waals surface area contributed by atoms with Crippen molar-refractivity contribution in [1.29, 1.82) is 0 Å². The largest absolute Gasteiger partial charge is 0.346 e. The minimum absolute atomic E-state index is 0.0761. The van der Waals surface area contributed by atoms with Crippen LogP contribution in [-0.2, 0) is 10.0 Å². The SMILES string of the molecule is Cc1cccc(NS(=O)(=O)c2ccc(C)c(C(=O)N3CCCN(c4nccs4)CC3)c2)c1. The van der Waals surface area contributed by atoms with E-state index in [-0.39, 0.29) is 10.8 Å². The van der Waals surface area contributed by atoms with Crippen LogP contribution < -0.4 is 9.62 Å². The summed E-state index contributed by atoms with van der Waals surface area (Å²) in [6.45, 7) is 6.46. The molecule has 3 aromatic rings. The Bertz CT molecular complexity index is 1210. The van der Waals surface area contributed by atoms with Gasteiger partial charge in [-0.1, -0.05) is 18.2 Å². The number of aryl methyl sites for hydroxylation is 2. The molecule has 0 spiro atoms. The second-order valence-electron chi connectivity index (χ2n) is 7.90. The number of sulfonamides is 1. The quantitative estimate of drug-likeness (QED) is 0.611. The molecule has 1 saturated heterocycles. The number of hydrogen-bond donors (Lipinski definition) is 1. The average molecular weight is 471 g/mol. The highest BCUT2D eigenvalue weighted by Gasteiger charge is 2.24. The summed E-state index contributed by atoms with van der Waals surface area (Å²) in [5.74, 6) is -0.143. The van der Waals surface area contributed by atoms with E-state index >= 15 is 0 Å². The third-order valence-corrected chi connectivity index (χ3v) is 7.70. The minimum Gasteiger partial charge on any atom is -0.346 e. The number of carbonyl (C=O) groups is 1. The molecule has 2 heterocycles. The molecule has 1 aromatic heterocycles. The molecule has 0 radical (unpaired) electrons. The molecular weight excluding hydrogens is 444 g/mol. The van der Waals surface area contributed by atoms with Crippen LogP contribution in [0, 0.1) is 13.8 Å². The summed E-state index contributed by atoms with van der Waals surface area (Å²) >= 11 is 1.59. The van der Waals surface area contributed by atoms with Gasteiger partial charge in [0.15, 0.2) is 5.13 Å². The van der Waals surface area contributed by atoms with Crippen LogP contribution in [0.25, 0.3) is 0 Å². The van der Waals surface area contributed by atoms with E-state index in [0.29, 0.717) is 30.9 Å². The van der Waals surface area contributed by atoms with Gasteiger partial charge in [0.2, 0.25) is 0 Å². The molecule has 0 unspecified atom stereocenters. The molecule has 168 valence electrons. The van der Waals surface area contributed by atoms with Crippen LogP contribution in [0.2, 0.25) is 0 Å². The molecule has 32 heavy (non-hydrogen) atoms. The summed E-state index contributed by atoms with van der Waals surface area (Å²) in [5, 5.41) is 2.91. The van der Waals surface area contributed by atoms with Crippen molar-refractivity contribution in [1.82, 2.24) is 9.88 Å². The van der Waals surface area contributed by atoms with E-state index in [1.54, 1.807) is 46.7 Å². The zero-order valence-electron chi connectivity index (χ0n) is 18.1. The van der Waals surface area contributed by atoms with Gasteiger partial charge in [0.1, 0.15) is 0 Å². The van der Waals surface area contributed by atoms with Crippen LogP contribution in [0.5, 0.6) is 0 Å². The minimum atomic E-state index is -3.82. The van der Waals surface area contributed by atoms with Crippen molar-refractivity contribution in [2.24, 2.45) is 0 Å². The molecule has 1 aliphatic heterocycles. The molecular formula is C23H26N4O3S2. The first kappa shape index (κ1) is 22.3. The van der Waals surface area contributed by atoms with Crippen LogP contribution in [0.1, 0.15) is 27.9 Å². The molecule has 1 fully saturated rings. The van der Waals surface area contributed by atoms with E-state index in [2.05, 4.69) is 14.6 Å². The lowest BCUT2D eigenvalue weighted by atomic mass is 10.1. The number of benzene rings is 2. The molecule has 0 atom stereocenters. The van der Waals surface area contributed by atoms with Gasteiger partial charge >= 0.3 is 0 Å². The lowest BCUT2D eigenvalue weighted by molar-refractivity contribution is 0.0766. The highest BCUT2D eigenvalue weighted by molar-refractivity contribution is 7.92. The summed E-state index contributed by atoms with van der Waals surface area (Å²) in [4.78, 5) is 21.8. The zero-order valence-corrected chi connectivity index (χ0v) is 19.7. The second-order valence-corrected chi connectivity index (χ2v) is 10.5. The van der Waals surface area contributed by atoms with Crippen molar-refractivity contribution in [3.8, 4) is 0 Å². The number of rotatable bonds is 5. The molecule has 0 saturated carbocycles. The number of aromatic nitrogens is 1. The van der Waals surface area contributed by atoms with E-state index in [1.165, 1.54) is 12.1 Å². The Morgan fingerprint density at radius 2 is 1.91 bits per heavy atom. The van der Waals surface area contributed by atoms with Crippen LogP contribution >= 0.6 is 11.3 Å². The molecule has 1 amide bonds. The Morgan fingerprint density at radius 1 is 1.06 bits per heavy atom. The van der Waals surface area contributed by atoms with Crippen molar-refractivity contribution in [2.45, 2.75) is 25.2 Å². The molecule has 7 nitrogen and oxygen atoms in total. The van der Waals surface area contributed by atoms with Crippen molar-refractivity contribution in [3.05, 3.63) is 70.7 Å². The predicted octanol–water partition coefficient (Wildman–Crippen LogP) is 3.91. The van der Waals surface area contributed by atoms with Crippen LogP contribution in [0.4, 0.5) is 10.8 Å². The van der Waals surface area contributed by atoms with Gasteiger partial charge in [-0.05, 0) is 55.7 Å². The average Bonchev–Trinajstić information content (AvgIpc) is 3.18. The van der Waals surface area contributed by atoms with Crippen molar-refractivity contribution in [2.75, 3.05) is 35.8 Å². The third kappa shape index (κ3) is 4.94. The first-order chi connectivity index (χ1) is 15.3. The zero-order chi connectivity index (χ0) is 22.7. The molecule has 1 N–H and O–H groups in total. The highest BCUT2D eigenvalue weighted by atomic mass is 32.2. The summed E-state index contributed by atoms with van der Waals surface area (Å²) in [6.07, 6.45) is 2.62. The van der Waals surface area contributed by atoms with E-state index in [4.69, 9.17) is 0 Å². The number of anilines is 2. The van der Waals surface area contributed by atoms with E-state index in [1.807, 2.05) is 25.3 Å². The van der Waals surface area contributed by atoms with E-state index in [9.17, 15) is 13.2 Å². The third-order valence-electron chi connectivity index (χ3n) is 5.49. The van der Waals surface area contributed by atoms with Crippen molar-refractivity contribution in [3.63, 3.8) is 0 Å². The van der Waals surface area contributed by atoms with Gasteiger partial charge < -0.3 is 9.80 Å². The molecule has 9 heteroatoms. The van der Waals surface area contributed by atoms with Gasteiger partial charge in [-0.2, -0.15) is 0 Å². The first-order valence-corrected chi connectivity index (χ1v) is 12.8. The number of carbonyl (C=O) groups excluding carboxylic acids is 1. The Hall–Kier alpha value is -2.91. The summed E-state index contributed by atoms with van der Waals surface area (Å²) in [5.41, 5.74) is 2.62. The Labute approximate surface area is 192 Å².